The maximum atomic E-state index is 11.7. The molecule has 2 aromatic heterocycles. The highest BCUT2D eigenvalue weighted by Gasteiger charge is 2.19. The SMILES string of the molecule is CN(C)c1ccccc1C#Cc1nc2ncccc2nc1OCCN1CCNC1=O. The van der Waals surface area contributed by atoms with Gasteiger partial charge in [0.1, 0.15) is 12.1 Å². The van der Waals surface area contributed by atoms with Gasteiger partial charge in [-0.3, -0.25) is 0 Å². The van der Waals surface area contributed by atoms with Crippen LogP contribution < -0.4 is 15.0 Å². The number of ether oxygens (including phenoxy) is 1. The molecule has 3 aromatic rings. The van der Waals surface area contributed by atoms with Crippen LogP contribution in [-0.4, -0.2) is 66.2 Å². The average Bonchev–Trinajstić information content (AvgIpc) is 3.17. The third-order valence-corrected chi connectivity index (χ3v) is 4.65. The van der Waals surface area contributed by atoms with Crippen LogP contribution in [-0.2, 0) is 0 Å². The number of anilines is 1. The predicted molar refractivity (Wildman–Crippen MR) is 115 cm³/mol. The molecule has 30 heavy (non-hydrogen) atoms. The van der Waals surface area contributed by atoms with Crippen LogP contribution in [0.3, 0.4) is 0 Å². The molecule has 1 saturated heterocycles. The lowest BCUT2D eigenvalue weighted by Gasteiger charge is -2.15. The first-order valence-corrected chi connectivity index (χ1v) is 9.68. The maximum Gasteiger partial charge on any atom is 0.317 e. The van der Waals surface area contributed by atoms with Crippen molar-refractivity contribution in [3.63, 3.8) is 0 Å². The van der Waals surface area contributed by atoms with Crippen molar-refractivity contribution in [2.75, 3.05) is 45.2 Å². The van der Waals surface area contributed by atoms with Crippen LogP contribution in [0, 0.1) is 11.8 Å². The quantitative estimate of drug-likeness (QED) is 0.657. The number of hydrogen-bond acceptors (Lipinski definition) is 6. The summed E-state index contributed by atoms with van der Waals surface area (Å²) in [5, 5.41) is 2.78. The molecule has 0 spiro atoms. The summed E-state index contributed by atoms with van der Waals surface area (Å²) in [6.45, 7) is 2.09. The van der Waals surface area contributed by atoms with E-state index in [1.165, 1.54) is 0 Å². The van der Waals surface area contributed by atoms with Crippen molar-refractivity contribution in [3.8, 4) is 17.7 Å². The number of benzene rings is 1. The second kappa shape index (κ2) is 8.66. The highest BCUT2D eigenvalue weighted by atomic mass is 16.5. The van der Waals surface area contributed by atoms with Gasteiger partial charge < -0.3 is 19.9 Å². The number of carbonyl (C=O) groups excluding carboxylic acids is 1. The fraction of sp³-hybridized carbons (Fsp3) is 0.273. The molecule has 1 aliphatic rings. The molecule has 0 aliphatic carbocycles. The van der Waals surface area contributed by atoms with Crippen molar-refractivity contribution >= 4 is 22.9 Å². The van der Waals surface area contributed by atoms with Gasteiger partial charge in [-0.25, -0.2) is 19.7 Å². The van der Waals surface area contributed by atoms with Gasteiger partial charge in [0.05, 0.1) is 12.2 Å². The molecule has 4 rings (SSSR count). The van der Waals surface area contributed by atoms with E-state index < -0.39 is 0 Å². The van der Waals surface area contributed by atoms with Crippen molar-refractivity contribution in [3.05, 3.63) is 53.9 Å². The smallest absolute Gasteiger partial charge is 0.317 e. The molecule has 0 radical (unpaired) electrons. The standard InChI is InChI=1S/C22H22N6O2/c1-27(2)19-8-4-3-6-16(19)9-10-18-21(26-17-7-5-11-23-20(17)25-18)30-15-14-28-13-12-24-22(28)29/h3-8,11H,12-15H2,1-2H3,(H,24,29). The van der Waals surface area contributed by atoms with E-state index in [0.29, 0.717) is 49.0 Å². The minimum Gasteiger partial charge on any atom is -0.474 e. The number of aromatic nitrogens is 3. The van der Waals surface area contributed by atoms with Crippen LogP contribution in [0.25, 0.3) is 11.2 Å². The zero-order valence-corrected chi connectivity index (χ0v) is 16.9. The van der Waals surface area contributed by atoms with E-state index in [0.717, 1.165) is 11.3 Å². The highest BCUT2D eigenvalue weighted by Crippen LogP contribution is 2.19. The van der Waals surface area contributed by atoms with Crippen molar-refractivity contribution in [2.24, 2.45) is 0 Å². The molecule has 3 heterocycles. The van der Waals surface area contributed by atoms with E-state index in [4.69, 9.17) is 4.74 Å². The number of pyridine rings is 1. The predicted octanol–water partition coefficient (Wildman–Crippen LogP) is 1.89. The lowest BCUT2D eigenvalue weighted by molar-refractivity contribution is 0.201. The van der Waals surface area contributed by atoms with Gasteiger partial charge in [0, 0.05) is 38.9 Å². The van der Waals surface area contributed by atoms with Gasteiger partial charge in [-0.1, -0.05) is 18.1 Å². The summed E-state index contributed by atoms with van der Waals surface area (Å²) in [5.74, 6) is 6.61. The zero-order chi connectivity index (χ0) is 20.9. The second-order valence-electron chi connectivity index (χ2n) is 6.95. The number of nitrogens with one attached hydrogen (secondary N) is 1. The molecule has 8 heteroatoms. The van der Waals surface area contributed by atoms with Crippen molar-refractivity contribution < 1.29 is 9.53 Å². The lowest BCUT2D eigenvalue weighted by Crippen LogP contribution is -2.32. The highest BCUT2D eigenvalue weighted by molar-refractivity contribution is 5.76. The van der Waals surface area contributed by atoms with E-state index in [-0.39, 0.29) is 6.03 Å². The average molecular weight is 402 g/mol. The molecule has 0 atom stereocenters. The first-order valence-electron chi connectivity index (χ1n) is 9.68. The minimum absolute atomic E-state index is 0.0762. The molecular weight excluding hydrogens is 380 g/mol. The van der Waals surface area contributed by atoms with Crippen LogP contribution in [0.4, 0.5) is 10.5 Å². The van der Waals surface area contributed by atoms with E-state index in [2.05, 4.69) is 32.1 Å². The topological polar surface area (TPSA) is 83.5 Å². The largest absolute Gasteiger partial charge is 0.474 e. The summed E-state index contributed by atoms with van der Waals surface area (Å²) < 4.78 is 5.89. The van der Waals surface area contributed by atoms with Gasteiger partial charge in [-0.2, -0.15) is 0 Å². The van der Waals surface area contributed by atoms with Gasteiger partial charge in [0.15, 0.2) is 11.3 Å². The van der Waals surface area contributed by atoms with Gasteiger partial charge in [-0.05, 0) is 30.2 Å². The number of carbonyl (C=O) groups is 1. The summed E-state index contributed by atoms with van der Waals surface area (Å²) >= 11 is 0. The molecule has 1 N–H and O–H groups in total. The first-order chi connectivity index (χ1) is 14.6. The summed E-state index contributed by atoms with van der Waals surface area (Å²) in [6.07, 6.45) is 1.67. The second-order valence-corrected chi connectivity index (χ2v) is 6.95. The molecule has 8 nitrogen and oxygen atoms in total. The van der Waals surface area contributed by atoms with E-state index in [1.54, 1.807) is 17.2 Å². The Bertz CT molecular complexity index is 1140. The Morgan fingerprint density at radius 2 is 2.03 bits per heavy atom. The Kier molecular flexibility index (Phi) is 5.61. The summed E-state index contributed by atoms with van der Waals surface area (Å²) in [5.41, 5.74) is 3.45. The van der Waals surface area contributed by atoms with Crippen LogP contribution in [0.15, 0.2) is 42.6 Å². The normalized spacial score (nSPS) is 13.0. The monoisotopic (exact) mass is 402 g/mol. The molecule has 1 aromatic carbocycles. The number of fused-ring (bicyclic) bond motifs is 1. The molecule has 1 fully saturated rings. The minimum atomic E-state index is -0.0762. The third-order valence-electron chi connectivity index (χ3n) is 4.65. The number of para-hydroxylation sites is 1. The summed E-state index contributed by atoms with van der Waals surface area (Å²) in [6, 6.07) is 11.4. The fourth-order valence-corrected chi connectivity index (χ4v) is 3.13. The zero-order valence-electron chi connectivity index (χ0n) is 16.9. The number of nitrogens with zero attached hydrogens (tertiary/aromatic N) is 5. The van der Waals surface area contributed by atoms with Crippen LogP contribution in [0.1, 0.15) is 11.3 Å². The number of hydrogen-bond donors (Lipinski definition) is 1. The van der Waals surface area contributed by atoms with Gasteiger partial charge >= 0.3 is 6.03 Å². The van der Waals surface area contributed by atoms with Crippen LogP contribution >= 0.6 is 0 Å². The Morgan fingerprint density at radius 1 is 1.17 bits per heavy atom. The van der Waals surface area contributed by atoms with Gasteiger partial charge in [0.25, 0.3) is 0 Å². The molecule has 1 aliphatic heterocycles. The number of amides is 2. The number of rotatable bonds is 5. The molecule has 0 unspecified atom stereocenters. The number of urea groups is 1. The summed E-state index contributed by atoms with van der Waals surface area (Å²) in [4.78, 5) is 28.8. The summed E-state index contributed by atoms with van der Waals surface area (Å²) in [7, 11) is 3.95. The Balaban J connectivity index is 1.63. The Hall–Kier alpha value is -3.86. The molecule has 152 valence electrons. The van der Waals surface area contributed by atoms with Crippen LogP contribution in [0.2, 0.25) is 0 Å². The maximum absolute atomic E-state index is 11.7. The molecular formula is C22H22N6O2. The molecule has 2 amide bonds. The van der Waals surface area contributed by atoms with Gasteiger partial charge in [0.2, 0.25) is 5.88 Å². The third kappa shape index (κ3) is 4.25. The van der Waals surface area contributed by atoms with E-state index in [1.807, 2.05) is 49.3 Å². The van der Waals surface area contributed by atoms with Crippen molar-refractivity contribution in [2.45, 2.75) is 0 Å². The first kappa shape index (κ1) is 19.5. The Labute approximate surface area is 174 Å². The molecule has 0 bridgehead atoms. The van der Waals surface area contributed by atoms with Crippen LogP contribution in [0.5, 0.6) is 5.88 Å². The van der Waals surface area contributed by atoms with Gasteiger partial charge in [-0.15, -0.1) is 0 Å². The van der Waals surface area contributed by atoms with Crippen molar-refractivity contribution in [1.82, 2.24) is 25.2 Å². The van der Waals surface area contributed by atoms with E-state index in [9.17, 15) is 4.79 Å². The lowest BCUT2D eigenvalue weighted by atomic mass is 10.1. The fourth-order valence-electron chi connectivity index (χ4n) is 3.13. The van der Waals surface area contributed by atoms with Crippen molar-refractivity contribution in [1.29, 1.82) is 0 Å². The Morgan fingerprint density at radius 3 is 2.83 bits per heavy atom. The molecule has 0 saturated carbocycles. The van der Waals surface area contributed by atoms with E-state index >= 15 is 0 Å².